The second-order valence-electron chi connectivity index (χ2n) is 5.54. The van der Waals surface area contributed by atoms with E-state index in [2.05, 4.69) is 9.97 Å². The van der Waals surface area contributed by atoms with Crippen LogP contribution in [0.5, 0.6) is 11.5 Å². The van der Waals surface area contributed by atoms with Crippen LogP contribution in [-0.2, 0) is 13.0 Å². The van der Waals surface area contributed by atoms with E-state index in [0.717, 1.165) is 17.3 Å². The second-order valence-corrected chi connectivity index (χ2v) is 5.54. The van der Waals surface area contributed by atoms with Gasteiger partial charge in [0.2, 0.25) is 0 Å². The Hall–Kier alpha value is -3.16. The van der Waals surface area contributed by atoms with Crippen molar-refractivity contribution in [2.75, 3.05) is 20.8 Å². The number of carboxylic acids is 1. The molecule has 0 saturated heterocycles. The fraction of sp³-hybridized carbons (Fsp3) is 0.294. The van der Waals surface area contributed by atoms with Crippen LogP contribution < -0.4 is 9.47 Å². The van der Waals surface area contributed by atoms with E-state index >= 15 is 0 Å². The van der Waals surface area contributed by atoms with Gasteiger partial charge in [0, 0.05) is 13.1 Å². The highest BCUT2D eigenvalue weighted by molar-refractivity contribution is 5.93. The second kappa shape index (κ2) is 6.76. The minimum Gasteiger partial charge on any atom is -0.493 e. The van der Waals surface area contributed by atoms with Crippen molar-refractivity contribution in [3.8, 4) is 11.5 Å². The molecule has 1 aromatic carbocycles. The van der Waals surface area contributed by atoms with Gasteiger partial charge in [0.15, 0.2) is 17.2 Å². The van der Waals surface area contributed by atoms with Crippen molar-refractivity contribution >= 4 is 11.9 Å². The third-order valence-electron chi connectivity index (χ3n) is 4.10. The van der Waals surface area contributed by atoms with E-state index in [1.807, 2.05) is 12.1 Å². The summed E-state index contributed by atoms with van der Waals surface area (Å²) in [6.07, 6.45) is 2.96. The standard InChI is InChI=1S/C17H17N3O5/c1-24-14-5-10-3-4-20(9-11(10)6-15(14)25-2)16(21)12-7-19-13(8-18-12)17(22)23/h5-8H,3-4,9H2,1-2H3,(H,22,23). The zero-order valence-corrected chi connectivity index (χ0v) is 13.9. The van der Waals surface area contributed by atoms with E-state index in [9.17, 15) is 9.59 Å². The molecular weight excluding hydrogens is 326 g/mol. The SMILES string of the molecule is COc1cc2c(cc1OC)CN(C(=O)c1cnc(C(=O)O)cn1)CC2. The van der Waals surface area contributed by atoms with Gasteiger partial charge < -0.3 is 19.5 Å². The van der Waals surface area contributed by atoms with E-state index in [0.29, 0.717) is 31.0 Å². The summed E-state index contributed by atoms with van der Waals surface area (Å²) in [5, 5.41) is 8.84. The Bertz CT molecular complexity index is 820. The normalized spacial score (nSPS) is 13.1. The van der Waals surface area contributed by atoms with Gasteiger partial charge in [-0.1, -0.05) is 0 Å². The number of aromatic nitrogens is 2. The number of nitrogens with zero attached hydrogens (tertiary/aromatic N) is 3. The maximum absolute atomic E-state index is 12.6. The number of benzene rings is 1. The maximum atomic E-state index is 12.6. The number of rotatable bonds is 4. The van der Waals surface area contributed by atoms with Gasteiger partial charge in [-0.2, -0.15) is 0 Å². The molecule has 8 nitrogen and oxygen atoms in total. The Balaban J connectivity index is 1.82. The fourth-order valence-corrected chi connectivity index (χ4v) is 2.77. The maximum Gasteiger partial charge on any atom is 0.356 e. The van der Waals surface area contributed by atoms with Crippen LogP contribution in [0.2, 0.25) is 0 Å². The average molecular weight is 343 g/mol. The van der Waals surface area contributed by atoms with Crippen molar-refractivity contribution in [3.05, 3.63) is 47.0 Å². The van der Waals surface area contributed by atoms with Gasteiger partial charge in [-0.25, -0.2) is 14.8 Å². The smallest absolute Gasteiger partial charge is 0.356 e. The Morgan fingerprint density at radius 2 is 1.64 bits per heavy atom. The third-order valence-corrected chi connectivity index (χ3v) is 4.10. The summed E-state index contributed by atoms with van der Waals surface area (Å²) in [4.78, 5) is 32.7. The predicted molar refractivity (Wildman–Crippen MR) is 87.0 cm³/mol. The molecule has 25 heavy (non-hydrogen) atoms. The molecule has 0 aliphatic carbocycles. The van der Waals surface area contributed by atoms with Crippen LogP contribution in [-0.4, -0.2) is 52.6 Å². The number of ether oxygens (including phenoxy) is 2. The lowest BCUT2D eigenvalue weighted by Crippen LogP contribution is -2.36. The van der Waals surface area contributed by atoms with Gasteiger partial charge >= 0.3 is 5.97 Å². The van der Waals surface area contributed by atoms with Crippen LogP contribution in [0, 0.1) is 0 Å². The average Bonchev–Trinajstić information content (AvgIpc) is 2.65. The van der Waals surface area contributed by atoms with Gasteiger partial charge in [-0.05, 0) is 29.7 Å². The number of aromatic carboxylic acids is 1. The Morgan fingerprint density at radius 3 is 2.20 bits per heavy atom. The van der Waals surface area contributed by atoms with Crippen molar-refractivity contribution in [1.29, 1.82) is 0 Å². The van der Waals surface area contributed by atoms with E-state index < -0.39 is 5.97 Å². The summed E-state index contributed by atoms with van der Waals surface area (Å²) in [5.41, 5.74) is 2.01. The molecule has 0 bridgehead atoms. The van der Waals surface area contributed by atoms with Crippen molar-refractivity contribution in [1.82, 2.24) is 14.9 Å². The zero-order valence-electron chi connectivity index (χ0n) is 13.9. The van der Waals surface area contributed by atoms with E-state index in [1.54, 1.807) is 19.1 Å². The van der Waals surface area contributed by atoms with Crippen LogP contribution in [0.3, 0.4) is 0 Å². The number of carboxylic acid groups (broad SMARTS) is 1. The summed E-state index contributed by atoms with van der Waals surface area (Å²) < 4.78 is 10.6. The van der Waals surface area contributed by atoms with Crippen molar-refractivity contribution in [2.45, 2.75) is 13.0 Å². The number of carbonyl (C=O) groups excluding carboxylic acids is 1. The van der Waals surface area contributed by atoms with Crippen LogP contribution in [0.25, 0.3) is 0 Å². The molecule has 8 heteroatoms. The molecule has 0 radical (unpaired) electrons. The molecule has 0 fully saturated rings. The number of carbonyl (C=O) groups is 2. The molecule has 1 amide bonds. The van der Waals surface area contributed by atoms with E-state index in [4.69, 9.17) is 14.6 Å². The lowest BCUT2D eigenvalue weighted by atomic mass is 9.98. The van der Waals surface area contributed by atoms with Crippen LogP contribution in [0.1, 0.15) is 32.1 Å². The van der Waals surface area contributed by atoms with Crippen molar-refractivity contribution in [3.63, 3.8) is 0 Å². The molecular formula is C17H17N3O5. The first kappa shape index (κ1) is 16.7. The predicted octanol–water partition coefficient (Wildman–Crippen LogP) is 1.39. The van der Waals surface area contributed by atoms with Gasteiger partial charge in [0.25, 0.3) is 5.91 Å². The highest BCUT2D eigenvalue weighted by atomic mass is 16.5. The molecule has 0 atom stereocenters. The molecule has 1 aromatic heterocycles. The zero-order chi connectivity index (χ0) is 18.0. The molecule has 0 saturated carbocycles. The molecule has 0 unspecified atom stereocenters. The minimum absolute atomic E-state index is 0.119. The Labute approximate surface area is 144 Å². The van der Waals surface area contributed by atoms with E-state index in [-0.39, 0.29) is 17.3 Å². The fourth-order valence-electron chi connectivity index (χ4n) is 2.77. The molecule has 2 heterocycles. The summed E-state index contributed by atoms with van der Waals surface area (Å²) in [7, 11) is 3.15. The summed E-state index contributed by atoms with van der Waals surface area (Å²) in [6, 6.07) is 3.80. The molecule has 3 rings (SSSR count). The summed E-state index contributed by atoms with van der Waals surface area (Å²) >= 11 is 0. The molecule has 2 aromatic rings. The number of methoxy groups -OCH3 is 2. The molecule has 1 aliphatic heterocycles. The van der Waals surface area contributed by atoms with Crippen LogP contribution in [0.4, 0.5) is 0 Å². The summed E-state index contributed by atoms with van der Waals surface area (Å²) in [5.74, 6) is -0.193. The lowest BCUT2D eigenvalue weighted by Gasteiger charge is -2.29. The van der Waals surface area contributed by atoms with Crippen LogP contribution in [0.15, 0.2) is 24.5 Å². The number of hydrogen-bond donors (Lipinski definition) is 1. The first-order valence-corrected chi connectivity index (χ1v) is 7.62. The van der Waals surface area contributed by atoms with Crippen molar-refractivity contribution in [2.24, 2.45) is 0 Å². The molecule has 1 N–H and O–H groups in total. The monoisotopic (exact) mass is 343 g/mol. The Morgan fingerprint density at radius 1 is 1.04 bits per heavy atom. The van der Waals surface area contributed by atoms with Crippen molar-refractivity contribution < 1.29 is 24.2 Å². The summed E-state index contributed by atoms with van der Waals surface area (Å²) in [6.45, 7) is 0.945. The lowest BCUT2D eigenvalue weighted by molar-refractivity contribution is 0.0683. The van der Waals surface area contributed by atoms with Gasteiger partial charge in [-0.3, -0.25) is 4.79 Å². The largest absolute Gasteiger partial charge is 0.493 e. The third kappa shape index (κ3) is 3.23. The van der Waals surface area contributed by atoms with Crippen LogP contribution >= 0.6 is 0 Å². The Kier molecular flexibility index (Phi) is 4.51. The van der Waals surface area contributed by atoms with Gasteiger partial charge in [0.1, 0.15) is 5.69 Å². The topological polar surface area (TPSA) is 102 Å². The quantitative estimate of drug-likeness (QED) is 0.895. The highest BCUT2D eigenvalue weighted by Crippen LogP contribution is 2.33. The highest BCUT2D eigenvalue weighted by Gasteiger charge is 2.24. The van der Waals surface area contributed by atoms with E-state index in [1.165, 1.54) is 6.20 Å². The molecule has 130 valence electrons. The first-order chi connectivity index (χ1) is 12.0. The minimum atomic E-state index is -1.18. The van der Waals surface area contributed by atoms with Gasteiger partial charge in [0.05, 0.1) is 26.6 Å². The van der Waals surface area contributed by atoms with Gasteiger partial charge in [-0.15, -0.1) is 0 Å². The number of hydrogen-bond acceptors (Lipinski definition) is 6. The molecule has 1 aliphatic rings. The number of fused-ring (bicyclic) bond motifs is 1. The molecule has 0 spiro atoms. The first-order valence-electron chi connectivity index (χ1n) is 7.62. The number of amides is 1.